The Kier molecular flexibility index (Phi) is 4.68. The lowest BCUT2D eigenvalue weighted by Gasteiger charge is -2.31. The molecule has 1 saturated carbocycles. The molecule has 0 N–H and O–H groups in total. The van der Waals surface area contributed by atoms with E-state index in [0.29, 0.717) is 19.7 Å². The predicted octanol–water partition coefficient (Wildman–Crippen LogP) is 0.963. The third-order valence-corrected chi connectivity index (χ3v) is 5.29. The van der Waals surface area contributed by atoms with Gasteiger partial charge in [0.1, 0.15) is 0 Å². The van der Waals surface area contributed by atoms with Crippen LogP contribution in [0.4, 0.5) is 0 Å². The van der Waals surface area contributed by atoms with Gasteiger partial charge in [-0.05, 0) is 12.8 Å². The van der Waals surface area contributed by atoms with Crippen LogP contribution in [0.2, 0.25) is 0 Å². The number of carbonyl (C=O) groups excluding carboxylic acids is 1. The summed E-state index contributed by atoms with van der Waals surface area (Å²) in [6.07, 6.45) is 5.92. The Morgan fingerprint density at radius 3 is 2.65 bits per heavy atom. The molecular weight excluding hydrogens is 296 g/mol. The highest BCUT2D eigenvalue weighted by Crippen LogP contribution is 2.42. The molecule has 128 valence electrons. The number of rotatable bonds is 5. The van der Waals surface area contributed by atoms with Crippen molar-refractivity contribution in [2.24, 2.45) is 12.5 Å². The van der Waals surface area contributed by atoms with E-state index < -0.39 is 0 Å². The molecule has 0 unspecified atom stereocenters. The van der Waals surface area contributed by atoms with Crippen LogP contribution in [0.5, 0.6) is 0 Å². The van der Waals surface area contributed by atoms with E-state index >= 15 is 0 Å². The standard InChI is InChI=1S/C16H26N4O3/c1-19-9-13(17-18-19)12-8-20(10-14(12)23-3)15(21)16(11-22-2)6-4-5-7-16/h9,12,14H,4-8,10-11H2,1-3H3/t12-,14+/m0/s1. The molecule has 7 nitrogen and oxygen atoms in total. The lowest BCUT2D eigenvalue weighted by molar-refractivity contribution is -0.144. The van der Waals surface area contributed by atoms with E-state index in [4.69, 9.17) is 9.47 Å². The summed E-state index contributed by atoms with van der Waals surface area (Å²) in [7, 11) is 5.22. The first kappa shape index (κ1) is 16.4. The largest absolute Gasteiger partial charge is 0.384 e. The lowest BCUT2D eigenvalue weighted by Crippen LogP contribution is -2.44. The number of methoxy groups -OCH3 is 2. The fraction of sp³-hybridized carbons (Fsp3) is 0.812. The molecule has 2 heterocycles. The van der Waals surface area contributed by atoms with Crippen molar-refractivity contribution in [1.29, 1.82) is 0 Å². The van der Waals surface area contributed by atoms with Gasteiger partial charge in [-0.3, -0.25) is 9.48 Å². The SMILES string of the molecule is COCC1(C(=O)N2C[C@@H](OC)[C@H](c3cn(C)nn3)C2)CCCC1. The first-order chi connectivity index (χ1) is 11.1. The third-order valence-electron chi connectivity index (χ3n) is 5.29. The fourth-order valence-corrected chi connectivity index (χ4v) is 4.08. The predicted molar refractivity (Wildman–Crippen MR) is 83.9 cm³/mol. The molecule has 1 aromatic rings. The zero-order valence-corrected chi connectivity index (χ0v) is 14.2. The zero-order chi connectivity index (χ0) is 16.4. The van der Waals surface area contributed by atoms with E-state index in [1.54, 1.807) is 18.9 Å². The van der Waals surface area contributed by atoms with Crippen molar-refractivity contribution in [2.75, 3.05) is 33.9 Å². The Morgan fingerprint density at radius 2 is 2.09 bits per heavy atom. The first-order valence-electron chi connectivity index (χ1n) is 8.27. The van der Waals surface area contributed by atoms with Crippen molar-refractivity contribution in [3.63, 3.8) is 0 Å². The average molecular weight is 322 g/mol. The summed E-state index contributed by atoms with van der Waals surface area (Å²) in [5.41, 5.74) is 0.548. The van der Waals surface area contributed by atoms with Gasteiger partial charge in [0.2, 0.25) is 5.91 Å². The summed E-state index contributed by atoms with van der Waals surface area (Å²) >= 11 is 0. The van der Waals surface area contributed by atoms with Crippen molar-refractivity contribution >= 4 is 5.91 Å². The zero-order valence-electron chi connectivity index (χ0n) is 14.2. The van der Waals surface area contributed by atoms with Gasteiger partial charge >= 0.3 is 0 Å². The van der Waals surface area contributed by atoms with E-state index in [0.717, 1.165) is 31.4 Å². The maximum Gasteiger partial charge on any atom is 0.231 e. The highest BCUT2D eigenvalue weighted by atomic mass is 16.5. The molecule has 0 radical (unpaired) electrons. The first-order valence-corrected chi connectivity index (χ1v) is 8.27. The smallest absolute Gasteiger partial charge is 0.231 e. The number of aryl methyl sites for hydroxylation is 1. The molecule has 3 rings (SSSR count). The van der Waals surface area contributed by atoms with Gasteiger partial charge in [0.25, 0.3) is 0 Å². The van der Waals surface area contributed by atoms with Crippen molar-refractivity contribution in [3.05, 3.63) is 11.9 Å². The Bertz CT molecular complexity index is 553. The number of hydrogen-bond acceptors (Lipinski definition) is 5. The van der Waals surface area contributed by atoms with E-state index in [1.165, 1.54) is 0 Å². The molecule has 1 aliphatic carbocycles. The molecule has 7 heteroatoms. The second-order valence-electron chi connectivity index (χ2n) is 6.83. The molecular formula is C16H26N4O3. The average Bonchev–Trinajstić information content (AvgIpc) is 3.25. The van der Waals surface area contributed by atoms with E-state index in [2.05, 4.69) is 10.3 Å². The summed E-state index contributed by atoms with van der Waals surface area (Å²) in [5.74, 6) is 0.295. The Morgan fingerprint density at radius 1 is 1.35 bits per heavy atom. The van der Waals surface area contributed by atoms with E-state index in [1.807, 2.05) is 18.1 Å². The maximum atomic E-state index is 13.2. The second kappa shape index (κ2) is 6.57. The Balaban J connectivity index is 1.77. The van der Waals surface area contributed by atoms with Crippen molar-refractivity contribution in [3.8, 4) is 0 Å². The van der Waals surface area contributed by atoms with Crippen LogP contribution in [0.15, 0.2) is 6.20 Å². The summed E-state index contributed by atoms with van der Waals surface area (Å²) in [4.78, 5) is 15.1. The molecule has 2 aliphatic rings. The third kappa shape index (κ3) is 2.99. The maximum absolute atomic E-state index is 13.2. The molecule has 1 saturated heterocycles. The molecule has 23 heavy (non-hydrogen) atoms. The topological polar surface area (TPSA) is 69.5 Å². The summed E-state index contributed by atoms with van der Waals surface area (Å²) in [5, 5.41) is 8.22. The van der Waals surface area contributed by atoms with Gasteiger partial charge < -0.3 is 14.4 Å². The highest BCUT2D eigenvalue weighted by molar-refractivity contribution is 5.83. The van der Waals surface area contributed by atoms with Gasteiger partial charge in [0.15, 0.2) is 0 Å². The summed E-state index contributed by atoms with van der Waals surface area (Å²) in [6.45, 7) is 1.76. The summed E-state index contributed by atoms with van der Waals surface area (Å²) in [6, 6.07) is 0. The van der Waals surface area contributed by atoms with Gasteiger partial charge in [-0.15, -0.1) is 5.10 Å². The molecule has 2 fully saturated rings. The number of nitrogens with zero attached hydrogens (tertiary/aromatic N) is 4. The molecule has 0 bridgehead atoms. The normalized spacial score (nSPS) is 26.8. The van der Waals surface area contributed by atoms with Crippen LogP contribution in [-0.4, -0.2) is 65.8 Å². The quantitative estimate of drug-likeness (QED) is 0.808. The number of likely N-dealkylation sites (tertiary alicyclic amines) is 1. The molecule has 1 amide bonds. The molecule has 0 spiro atoms. The van der Waals surface area contributed by atoms with E-state index in [-0.39, 0.29) is 23.3 Å². The van der Waals surface area contributed by atoms with Crippen molar-refractivity contribution < 1.29 is 14.3 Å². The minimum Gasteiger partial charge on any atom is -0.384 e. The van der Waals surface area contributed by atoms with Gasteiger partial charge in [0, 0.05) is 40.6 Å². The van der Waals surface area contributed by atoms with Crippen LogP contribution in [0, 0.1) is 5.41 Å². The van der Waals surface area contributed by atoms with Crippen LogP contribution in [0.1, 0.15) is 37.3 Å². The molecule has 1 aliphatic heterocycles. The molecule has 2 atom stereocenters. The van der Waals surface area contributed by atoms with Gasteiger partial charge in [-0.1, -0.05) is 18.1 Å². The van der Waals surface area contributed by atoms with E-state index in [9.17, 15) is 4.79 Å². The number of amides is 1. The highest BCUT2D eigenvalue weighted by Gasteiger charge is 2.47. The monoisotopic (exact) mass is 322 g/mol. The number of carbonyl (C=O) groups is 1. The fourth-order valence-electron chi connectivity index (χ4n) is 4.08. The van der Waals surface area contributed by atoms with Crippen LogP contribution in [0.25, 0.3) is 0 Å². The van der Waals surface area contributed by atoms with Gasteiger partial charge in [-0.25, -0.2) is 0 Å². The van der Waals surface area contributed by atoms with Crippen molar-refractivity contribution in [1.82, 2.24) is 19.9 Å². The van der Waals surface area contributed by atoms with Gasteiger partial charge in [-0.2, -0.15) is 0 Å². The van der Waals surface area contributed by atoms with Gasteiger partial charge in [0.05, 0.1) is 29.7 Å². The number of ether oxygens (including phenoxy) is 2. The molecule has 1 aromatic heterocycles. The minimum atomic E-state index is -0.343. The second-order valence-corrected chi connectivity index (χ2v) is 6.83. The molecule has 0 aromatic carbocycles. The lowest BCUT2D eigenvalue weighted by atomic mass is 9.85. The number of aromatic nitrogens is 3. The Hall–Kier alpha value is -1.47. The minimum absolute atomic E-state index is 0.0309. The number of hydrogen-bond donors (Lipinski definition) is 0. The Labute approximate surface area is 136 Å². The van der Waals surface area contributed by atoms with Crippen LogP contribution in [0.3, 0.4) is 0 Å². The van der Waals surface area contributed by atoms with Crippen molar-refractivity contribution in [2.45, 2.75) is 37.7 Å². The van der Waals surface area contributed by atoms with Crippen LogP contribution >= 0.6 is 0 Å². The summed E-state index contributed by atoms with van der Waals surface area (Å²) < 4.78 is 12.7. The van der Waals surface area contributed by atoms with Crippen LogP contribution < -0.4 is 0 Å². The van der Waals surface area contributed by atoms with Crippen LogP contribution in [-0.2, 0) is 21.3 Å².